The average molecular weight is 242 g/mol. The highest BCUT2D eigenvalue weighted by Gasteiger charge is 2.03. The second kappa shape index (κ2) is 6.46. The Labute approximate surface area is 105 Å². The molecule has 1 aromatic carbocycles. The van der Waals surface area contributed by atoms with Crippen LogP contribution in [-0.2, 0) is 6.42 Å². The lowest BCUT2D eigenvalue weighted by molar-refractivity contribution is 0.0933. The molecule has 5 nitrogen and oxygen atoms in total. The molecule has 2 aromatic rings. The zero-order valence-corrected chi connectivity index (χ0v) is 9.84. The smallest absolute Gasteiger partial charge is 0.268 e. The zero-order valence-electron chi connectivity index (χ0n) is 9.84. The number of carbonyl (C=O) groups excluding carboxylic acids is 1. The molecule has 5 heteroatoms. The Kier molecular flexibility index (Phi) is 4.38. The Morgan fingerprint density at radius 1 is 1.11 bits per heavy atom. The Morgan fingerprint density at radius 2 is 1.83 bits per heavy atom. The summed E-state index contributed by atoms with van der Waals surface area (Å²) in [7, 11) is 0. The summed E-state index contributed by atoms with van der Waals surface area (Å²) < 4.78 is 0. The molecule has 0 saturated carbocycles. The summed E-state index contributed by atoms with van der Waals surface area (Å²) in [5, 5.41) is 0. The predicted molar refractivity (Wildman–Crippen MR) is 67.6 cm³/mol. The van der Waals surface area contributed by atoms with Gasteiger partial charge in [0.05, 0.1) is 5.56 Å². The van der Waals surface area contributed by atoms with Crippen LogP contribution in [0.4, 0.5) is 0 Å². The molecule has 1 amide bonds. The standard InChI is InChI=1S/C13H14N4O/c18-13(12-8-14-10-15-9-12)17-16-7-6-11-4-2-1-3-5-11/h1-5,8-10,16H,6-7H2,(H,17,18). The third-order valence-corrected chi connectivity index (χ3v) is 2.41. The number of benzene rings is 1. The van der Waals surface area contributed by atoms with E-state index < -0.39 is 0 Å². The monoisotopic (exact) mass is 242 g/mol. The molecule has 0 fully saturated rings. The van der Waals surface area contributed by atoms with Gasteiger partial charge in [0, 0.05) is 18.9 Å². The van der Waals surface area contributed by atoms with Crippen LogP contribution >= 0.6 is 0 Å². The minimum absolute atomic E-state index is 0.233. The van der Waals surface area contributed by atoms with Gasteiger partial charge in [0.15, 0.2) is 0 Å². The first-order chi connectivity index (χ1) is 8.86. The summed E-state index contributed by atoms with van der Waals surface area (Å²) in [4.78, 5) is 19.2. The second-order valence-corrected chi connectivity index (χ2v) is 3.74. The van der Waals surface area contributed by atoms with Gasteiger partial charge in [-0.05, 0) is 12.0 Å². The van der Waals surface area contributed by atoms with Gasteiger partial charge in [0.1, 0.15) is 6.33 Å². The summed E-state index contributed by atoms with van der Waals surface area (Å²) >= 11 is 0. The minimum atomic E-state index is -0.233. The Morgan fingerprint density at radius 3 is 2.56 bits per heavy atom. The van der Waals surface area contributed by atoms with Crippen LogP contribution in [0.3, 0.4) is 0 Å². The molecule has 2 N–H and O–H groups in total. The normalized spacial score (nSPS) is 10.0. The van der Waals surface area contributed by atoms with Crippen molar-refractivity contribution < 1.29 is 4.79 Å². The number of nitrogens with zero attached hydrogens (tertiary/aromatic N) is 2. The maximum absolute atomic E-state index is 11.6. The van der Waals surface area contributed by atoms with Crippen molar-refractivity contribution in [1.29, 1.82) is 0 Å². The first kappa shape index (κ1) is 12.2. The number of hydrogen-bond donors (Lipinski definition) is 2. The van der Waals surface area contributed by atoms with Crippen LogP contribution < -0.4 is 10.9 Å². The molecular weight excluding hydrogens is 228 g/mol. The van der Waals surface area contributed by atoms with Crippen LogP contribution in [0.5, 0.6) is 0 Å². The van der Waals surface area contributed by atoms with Gasteiger partial charge in [-0.25, -0.2) is 15.4 Å². The molecule has 0 aliphatic heterocycles. The van der Waals surface area contributed by atoms with Crippen LogP contribution in [0, 0.1) is 0 Å². The Hall–Kier alpha value is -2.27. The summed E-state index contributed by atoms with van der Waals surface area (Å²) in [6.45, 7) is 0.670. The highest BCUT2D eigenvalue weighted by Crippen LogP contribution is 1.97. The van der Waals surface area contributed by atoms with Gasteiger partial charge < -0.3 is 0 Å². The third-order valence-electron chi connectivity index (χ3n) is 2.41. The highest BCUT2D eigenvalue weighted by atomic mass is 16.2. The van der Waals surface area contributed by atoms with E-state index >= 15 is 0 Å². The van der Waals surface area contributed by atoms with Gasteiger partial charge in [-0.1, -0.05) is 30.3 Å². The number of aromatic nitrogens is 2. The lowest BCUT2D eigenvalue weighted by Gasteiger charge is -2.06. The van der Waals surface area contributed by atoms with Crippen LogP contribution in [0.25, 0.3) is 0 Å². The lowest BCUT2D eigenvalue weighted by atomic mass is 10.2. The van der Waals surface area contributed by atoms with Gasteiger partial charge in [-0.15, -0.1) is 0 Å². The number of amides is 1. The van der Waals surface area contributed by atoms with E-state index in [4.69, 9.17) is 0 Å². The molecule has 0 unspecified atom stereocenters. The van der Waals surface area contributed by atoms with E-state index in [9.17, 15) is 4.79 Å². The molecule has 0 aliphatic rings. The largest absolute Gasteiger partial charge is 0.287 e. The maximum Gasteiger partial charge on any atom is 0.268 e. The van der Waals surface area contributed by atoms with E-state index in [0.29, 0.717) is 12.1 Å². The van der Waals surface area contributed by atoms with Gasteiger partial charge >= 0.3 is 0 Å². The fourth-order valence-corrected chi connectivity index (χ4v) is 1.48. The SMILES string of the molecule is O=C(NNCCc1ccccc1)c1cncnc1. The maximum atomic E-state index is 11.6. The van der Waals surface area contributed by atoms with Gasteiger partial charge in [0.25, 0.3) is 5.91 Å². The van der Waals surface area contributed by atoms with Gasteiger partial charge in [0.2, 0.25) is 0 Å². The van der Waals surface area contributed by atoms with Crippen molar-refractivity contribution in [1.82, 2.24) is 20.8 Å². The van der Waals surface area contributed by atoms with Crippen LogP contribution in [0.2, 0.25) is 0 Å². The molecule has 0 radical (unpaired) electrons. The minimum Gasteiger partial charge on any atom is -0.287 e. The van der Waals surface area contributed by atoms with Crippen molar-refractivity contribution in [3.05, 3.63) is 60.2 Å². The lowest BCUT2D eigenvalue weighted by Crippen LogP contribution is -2.38. The topological polar surface area (TPSA) is 66.9 Å². The number of rotatable bonds is 5. The van der Waals surface area contributed by atoms with Crippen molar-refractivity contribution in [3.8, 4) is 0 Å². The fourth-order valence-electron chi connectivity index (χ4n) is 1.48. The van der Waals surface area contributed by atoms with Crippen molar-refractivity contribution in [2.24, 2.45) is 0 Å². The number of hydrogen-bond acceptors (Lipinski definition) is 4. The molecule has 18 heavy (non-hydrogen) atoms. The van der Waals surface area contributed by atoms with Crippen molar-refractivity contribution >= 4 is 5.91 Å². The molecule has 1 aromatic heterocycles. The van der Waals surface area contributed by atoms with E-state index in [2.05, 4.69) is 33.0 Å². The van der Waals surface area contributed by atoms with E-state index in [-0.39, 0.29) is 5.91 Å². The summed E-state index contributed by atoms with van der Waals surface area (Å²) in [6, 6.07) is 10.1. The van der Waals surface area contributed by atoms with Crippen molar-refractivity contribution in [3.63, 3.8) is 0 Å². The predicted octanol–water partition coefficient (Wildman–Crippen LogP) is 0.954. The summed E-state index contributed by atoms with van der Waals surface area (Å²) in [6.07, 6.45) is 5.19. The van der Waals surface area contributed by atoms with Gasteiger partial charge in [-0.3, -0.25) is 10.2 Å². The van der Waals surface area contributed by atoms with E-state index in [1.807, 2.05) is 18.2 Å². The summed E-state index contributed by atoms with van der Waals surface area (Å²) in [5.41, 5.74) is 7.14. The number of nitrogens with one attached hydrogen (secondary N) is 2. The van der Waals surface area contributed by atoms with E-state index in [1.165, 1.54) is 24.3 Å². The molecule has 0 atom stereocenters. The number of hydrazine groups is 1. The Balaban J connectivity index is 1.72. The van der Waals surface area contributed by atoms with Gasteiger partial charge in [-0.2, -0.15) is 0 Å². The molecule has 0 saturated heterocycles. The van der Waals surface area contributed by atoms with Crippen LogP contribution in [0.1, 0.15) is 15.9 Å². The zero-order chi connectivity index (χ0) is 12.6. The van der Waals surface area contributed by atoms with E-state index in [1.54, 1.807) is 0 Å². The number of carbonyl (C=O) groups is 1. The fraction of sp³-hybridized carbons (Fsp3) is 0.154. The van der Waals surface area contributed by atoms with Crippen molar-refractivity contribution in [2.45, 2.75) is 6.42 Å². The molecule has 0 spiro atoms. The van der Waals surface area contributed by atoms with Crippen molar-refractivity contribution in [2.75, 3.05) is 6.54 Å². The molecule has 1 heterocycles. The first-order valence-electron chi connectivity index (χ1n) is 5.68. The van der Waals surface area contributed by atoms with E-state index in [0.717, 1.165) is 6.42 Å². The first-order valence-corrected chi connectivity index (χ1v) is 5.68. The third kappa shape index (κ3) is 3.64. The molecule has 92 valence electrons. The van der Waals surface area contributed by atoms with Crippen LogP contribution in [0.15, 0.2) is 49.1 Å². The second-order valence-electron chi connectivity index (χ2n) is 3.74. The summed E-state index contributed by atoms with van der Waals surface area (Å²) in [5.74, 6) is -0.233. The highest BCUT2D eigenvalue weighted by molar-refractivity contribution is 5.93. The quantitative estimate of drug-likeness (QED) is 0.605. The Bertz CT molecular complexity index is 487. The average Bonchev–Trinajstić information content (AvgIpc) is 2.45. The molecular formula is C13H14N4O. The molecule has 2 rings (SSSR count). The van der Waals surface area contributed by atoms with Crippen LogP contribution in [-0.4, -0.2) is 22.4 Å². The molecule has 0 aliphatic carbocycles. The molecule has 0 bridgehead atoms.